The molecule has 2 N–H and O–H groups in total. The van der Waals surface area contributed by atoms with E-state index < -0.39 is 11.6 Å². The highest BCUT2D eigenvalue weighted by Crippen LogP contribution is 2.41. The van der Waals surface area contributed by atoms with Gasteiger partial charge in [0.15, 0.2) is 0 Å². The lowest BCUT2D eigenvalue weighted by molar-refractivity contribution is -0.145. The maximum atomic E-state index is 10.8. The smallest absolute Gasteiger partial charge is 0.306 e. The minimum absolute atomic E-state index is 0.316. The van der Waals surface area contributed by atoms with Gasteiger partial charge < -0.3 is 10.2 Å². The SMILES string of the molecule is O=C(O)[C@H]1CC[C@](O)(c2ncc(Br)s2)CC1. The summed E-state index contributed by atoms with van der Waals surface area (Å²) >= 11 is 4.72. The fraction of sp³-hybridized carbons (Fsp3) is 0.600. The first-order chi connectivity index (χ1) is 7.51. The fourth-order valence-corrected chi connectivity index (χ4v) is 3.38. The summed E-state index contributed by atoms with van der Waals surface area (Å²) in [6, 6.07) is 0. The predicted molar refractivity (Wildman–Crippen MR) is 63.3 cm³/mol. The summed E-state index contributed by atoms with van der Waals surface area (Å²) in [4.78, 5) is 15.0. The number of carbonyl (C=O) groups is 1. The van der Waals surface area contributed by atoms with Crippen molar-refractivity contribution in [3.8, 4) is 0 Å². The molecule has 1 heterocycles. The van der Waals surface area contributed by atoms with E-state index in [2.05, 4.69) is 20.9 Å². The molecule has 88 valence electrons. The number of aliphatic hydroxyl groups is 1. The molecule has 1 aromatic heterocycles. The molecule has 2 rings (SSSR count). The van der Waals surface area contributed by atoms with E-state index in [1.165, 1.54) is 11.3 Å². The summed E-state index contributed by atoms with van der Waals surface area (Å²) in [7, 11) is 0. The number of aromatic nitrogens is 1. The van der Waals surface area contributed by atoms with Gasteiger partial charge in [0.05, 0.1) is 15.9 Å². The summed E-state index contributed by atoms with van der Waals surface area (Å²) in [5.74, 6) is -1.08. The minimum Gasteiger partial charge on any atom is -0.481 e. The Morgan fingerprint density at radius 3 is 2.62 bits per heavy atom. The van der Waals surface area contributed by atoms with Gasteiger partial charge in [0.2, 0.25) is 0 Å². The van der Waals surface area contributed by atoms with Crippen LogP contribution in [-0.4, -0.2) is 21.2 Å². The lowest BCUT2D eigenvalue weighted by Crippen LogP contribution is -2.33. The zero-order valence-corrected chi connectivity index (χ0v) is 10.9. The maximum Gasteiger partial charge on any atom is 0.306 e. The average molecular weight is 306 g/mol. The number of nitrogens with zero attached hydrogens (tertiary/aromatic N) is 1. The van der Waals surface area contributed by atoms with Gasteiger partial charge in [0, 0.05) is 0 Å². The van der Waals surface area contributed by atoms with Gasteiger partial charge >= 0.3 is 5.97 Å². The molecule has 0 aromatic carbocycles. The van der Waals surface area contributed by atoms with Crippen LogP contribution in [0, 0.1) is 5.92 Å². The summed E-state index contributed by atoms with van der Waals surface area (Å²) in [5.41, 5.74) is -0.928. The highest BCUT2D eigenvalue weighted by atomic mass is 79.9. The van der Waals surface area contributed by atoms with Gasteiger partial charge in [-0.1, -0.05) is 0 Å². The number of rotatable bonds is 2. The highest BCUT2D eigenvalue weighted by molar-refractivity contribution is 9.11. The number of hydrogen-bond donors (Lipinski definition) is 2. The van der Waals surface area contributed by atoms with Crippen LogP contribution in [0.3, 0.4) is 0 Å². The van der Waals surface area contributed by atoms with E-state index in [0.29, 0.717) is 30.7 Å². The number of carboxylic acid groups (broad SMARTS) is 1. The second-order valence-electron chi connectivity index (χ2n) is 4.11. The van der Waals surface area contributed by atoms with E-state index >= 15 is 0 Å². The molecular formula is C10H12BrNO3S. The summed E-state index contributed by atoms with van der Waals surface area (Å²) in [6.07, 6.45) is 3.65. The molecule has 0 atom stereocenters. The molecule has 4 nitrogen and oxygen atoms in total. The summed E-state index contributed by atoms with van der Waals surface area (Å²) in [5, 5.41) is 20.0. The third-order valence-corrected chi connectivity index (χ3v) is 4.71. The van der Waals surface area contributed by atoms with Crippen LogP contribution in [0.15, 0.2) is 9.98 Å². The van der Waals surface area contributed by atoms with E-state index in [-0.39, 0.29) is 5.92 Å². The van der Waals surface area contributed by atoms with Gasteiger partial charge in [-0.15, -0.1) is 11.3 Å². The van der Waals surface area contributed by atoms with Crippen molar-refractivity contribution in [3.05, 3.63) is 15.0 Å². The molecule has 0 unspecified atom stereocenters. The number of aliphatic carboxylic acids is 1. The van der Waals surface area contributed by atoms with Gasteiger partial charge in [0.25, 0.3) is 0 Å². The second-order valence-corrected chi connectivity index (χ2v) is 6.52. The van der Waals surface area contributed by atoms with Crippen LogP contribution in [-0.2, 0) is 10.4 Å². The van der Waals surface area contributed by atoms with Crippen LogP contribution in [0.2, 0.25) is 0 Å². The molecule has 1 saturated carbocycles. The van der Waals surface area contributed by atoms with Crippen molar-refractivity contribution in [1.29, 1.82) is 0 Å². The predicted octanol–water partition coefficient (Wildman–Crippen LogP) is 2.37. The molecular weight excluding hydrogens is 294 g/mol. The van der Waals surface area contributed by atoms with Gasteiger partial charge in [-0.05, 0) is 41.6 Å². The first kappa shape index (κ1) is 12.0. The van der Waals surface area contributed by atoms with E-state index in [1.54, 1.807) is 6.20 Å². The van der Waals surface area contributed by atoms with E-state index in [1.807, 2.05) is 0 Å². The van der Waals surface area contributed by atoms with Crippen molar-refractivity contribution in [2.45, 2.75) is 31.3 Å². The van der Waals surface area contributed by atoms with Gasteiger partial charge in [-0.25, -0.2) is 4.98 Å². The number of carboxylic acids is 1. The second kappa shape index (κ2) is 4.43. The van der Waals surface area contributed by atoms with Crippen LogP contribution in [0.4, 0.5) is 0 Å². The van der Waals surface area contributed by atoms with E-state index in [9.17, 15) is 9.90 Å². The Morgan fingerprint density at radius 1 is 1.56 bits per heavy atom. The van der Waals surface area contributed by atoms with Gasteiger partial charge in [0.1, 0.15) is 10.6 Å². The normalized spacial score (nSPS) is 30.2. The van der Waals surface area contributed by atoms with Gasteiger partial charge in [-0.3, -0.25) is 4.79 Å². The fourth-order valence-electron chi connectivity index (χ4n) is 2.03. The minimum atomic E-state index is -0.928. The zero-order chi connectivity index (χ0) is 11.8. The Morgan fingerprint density at radius 2 is 2.19 bits per heavy atom. The highest BCUT2D eigenvalue weighted by Gasteiger charge is 2.39. The van der Waals surface area contributed by atoms with Gasteiger partial charge in [-0.2, -0.15) is 0 Å². The molecule has 1 aliphatic carbocycles. The molecule has 0 saturated heterocycles. The summed E-state index contributed by atoms with van der Waals surface area (Å²) in [6.45, 7) is 0. The zero-order valence-electron chi connectivity index (χ0n) is 8.52. The summed E-state index contributed by atoms with van der Waals surface area (Å²) < 4.78 is 0.885. The topological polar surface area (TPSA) is 70.4 Å². The van der Waals surface area contributed by atoms with Crippen LogP contribution in [0.1, 0.15) is 30.7 Å². The first-order valence-electron chi connectivity index (χ1n) is 5.08. The Hall–Kier alpha value is -0.460. The van der Waals surface area contributed by atoms with Crippen molar-refractivity contribution in [2.24, 2.45) is 5.92 Å². The number of thiazole rings is 1. The standard InChI is InChI=1S/C10H12BrNO3S/c11-7-5-12-9(16-7)10(15)3-1-6(2-4-10)8(13)14/h5-6,15H,1-4H2,(H,13,14)/t6-,10+. The maximum absolute atomic E-state index is 10.8. The Balaban J connectivity index is 2.09. The van der Waals surface area contributed by atoms with Crippen LogP contribution >= 0.6 is 27.3 Å². The Kier molecular flexibility index (Phi) is 3.32. The largest absolute Gasteiger partial charge is 0.481 e. The third-order valence-electron chi connectivity index (χ3n) is 3.04. The van der Waals surface area contributed by atoms with Crippen LogP contribution < -0.4 is 0 Å². The lowest BCUT2D eigenvalue weighted by Gasteiger charge is -2.32. The lowest BCUT2D eigenvalue weighted by atomic mass is 9.79. The number of halogens is 1. The molecule has 0 radical (unpaired) electrons. The Labute approximate surface area is 105 Å². The molecule has 0 spiro atoms. The number of hydrogen-bond acceptors (Lipinski definition) is 4. The molecule has 6 heteroatoms. The first-order valence-corrected chi connectivity index (χ1v) is 6.69. The van der Waals surface area contributed by atoms with Crippen molar-refractivity contribution in [1.82, 2.24) is 4.98 Å². The van der Waals surface area contributed by atoms with Crippen molar-refractivity contribution in [2.75, 3.05) is 0 Å². The van der Waals surface area contributed by atoms with Crippen molar-refractivity contribution < 1.29 is 15.0 Å². The van der Waals surface area contributed by atoms with Crippen LogP contribution in [0.5, 0.6) is 0 Å². The Bertz CT molecular complexity index is 399. The van der Waals surface area contributed by atoms with Crippen molar-refractivity contribution >= 4 is 33.2 Å². The molecule has 1 aromatic rings. The molecule has 1 aliphatic rings. The molecule has 1 fully saturated rings. The molecule has 16 heavy (non-hydrogen) atoms. The molecule has 0 aliphatic heterocycles. The van der Waals surface area contributed by atoms with Crippen LogP contribution in [0.25, 0.3) is 0 Å². The van der Waals surface area contributed by atoms with E-state index in [4.69, 9.17) is 5.11 Å². The quantitative estimate of drug-likeness (QED) is 0.880. The molecule has 0 bridgehead atoms. The molecule has 0 amide bonds. The third kappa shape index (κ3) is 2.28. The van der Waals surface area contributed by atoms with Crippen molar-refractivity contribution in [3.63, 3.8) is 0 Å². The average Bonchev–Trinajstić information content (AvgIpc) is 2.66. The monoisotopic (exact) mass is 305 g/mol. The van der Waals surface area contributed by atoms with E-state index in [0.717, 1.165) is 3.79 Å².